The van der Waals surface area contributed by atoms with Crippen molar-refractivity contribution in [2.45, 2.75) is 18.8 Å². The third-order valence-electron chi connectivity index (χ3n) is 4.51. The molecule has 3 aromatic rings. The molecule has 1 aromatic carbocycles. The average Bonchev–Trinajstić information content (AvgIpc) is 3.07. The van der Waals surface area contributed by atoms with Crippen LogP contribution in [0.15, 0.2) is 16.9 Å². The highest BCUT2D eigenvalue weighted by Gasteiger charge is 2.24. The summed E-state index contributed by atoms with van der Waals surface area (Å²) in [4.78, 5) is 26.4. The van der Waals surface area contributed by atoms with E-state index < -0.39 is 11.5 Å². The highest BCUT2D eigenvalue weighted by Crippen LogP contribution is 2.29. The number of aromatic carboxylic acids is 1. The van der Waals surface area contributed by atoms with E-state index in [1.54, 1.807) is 10.5 Å². The maximum Gasteiger partial charge on any atom is 0.339 e. The molecule has 130 valence electrons. The number of H-pyrrole nitrogens is 1. The van der Waals surface area contributed by atoms with Crippen molar-refractivity contribution in [3.8, 4) is 5.75 Å². The number of aromatic amines is 1. The van der Waals surface area contributed by atoms with Crippen LogP contribution in [-0.4, -0.2) is 51.0 Å². The van der Waals surface area contributed by atoms with Crippen molar-refractivity contribution in [3.63, 3.8) is 0 Å². The number of nitrogens with zero attached hydrogens (tertiary/aromatic N) is 3. The number of carboxylic acid groups (broad SMARTS) is 1. The summed E-state index contributed by atoms with van der Waals surface area (Å²) in [6, 6.07) is 2.99. The monoisotopic (exact) mass is 344 g/mol. The highest BCUT2D eigenvalue weighted by molar-refractivity contribution is 5.96. The Morgan fingerprint density at radius 2 is 2.12 bits per heavy atom. The normalized spacial score (nSPS) is 15.7. The Morgan fingerprint density at radius 1 is 1.36 bits per heavy atom. The zero-order valence-electron chi connectivity index (χ0n) is 13.5. The van der Waals surface area contributed by atoms with Gasteiger partial charge in [0, 0.05) is 25.2 Å². The molecule has 2 aromatic heterocycles. The van der Waals surface area contributed by atoms with Crippen LogP contribution >= 0.6 is 0 Å². The summed E-state index contributed by atoms with van der Waals surface area (Å²) in [5.41, 5.74) is 0.733. The van der Waals surface area contributed by atoms with E-state index >= 15 is 0 Å². The molecule has 0 bridgehead atoms. The number of nitrogens with one attached hydrogen (secondary N) is 1. The molecule has 1 aliphatic rings. The second kappa shape index (κ2) is 5.85. The Labute approximate surface area is 141 Å². The number of ether oxygens (including phenoxy) is 2. The van der Waals surface area contributed by atoms with Gasteiger partial charge >= 0.3 is 5.97 Å². The van der Waals surface area contributed by atoms with Crippen LogP contribution in [0.5, 0.6) is 5.75 Å². The van der Waals surface area contributed by atoms with E-state index in [-0.39, 0.29) is 22.9 Å². The van der Waals surface area contributed by atoms with Crippen LogP contribution in [0, 0.1) is 0 Å². The Balaban J connectivity index is 2.05. The maximum atomic E-state index is 12.3. The van der Waals surface area contributed by atoms with Gasteiger partial charge in [0.15, 0.2) is 0 Å². The molecular formula is C16H16N4O5. The van der Waals surface area contributed by atoms with Crippen molar-refractivity contribution >= 4 is 22.6 Å². The van der Waals surface area contributed by atoms with Gasteiger partial charge in [-0.1, -0.05) is 0 Å². The molecule has 0 unspecified atom stereocenters. The maximum absolute atomic E-state index is 12.3. The largest absolute Gasteiger partial charge is 0.496 e. The predicted molar refractivity (Wildman–Crippen MR) is 87.4 cm³/mol. The summed E-state index contributed by atoms with van der Waals surface area (Å²) < 4.78 is 12.3. The van der Waals surface area contributed by atoms with Crippen molar-refractivity contribution in [2.75, 3.05) is 20.3 Å². The molecule has 3 heterocycles. The number of aromatic nitrogens is 4. The lowest BCUT2D eigenvalue weighted by Crippen LogP contribution is -2.18. The topological polar surface area (TPSA) is 119 Å². The van der Waals surface area contributed by atoms with E-state index in [4.69, 9.17) is 9.47 Å². The van der Waals surface area contributed by atoms with Gasteiger partial charge in [0.1, 0.15) is 17.1 Å². The summed E-state index contributed by atoms with van der Waals surface area (Å²) in [7, 11) is 1.40. The van der Waals surface area contributed by atoms with E-state index in [9.17, 15) is 14.7 Å². The van der Waals surface area contributed by atoms with Crippen LogP contribution in [0.1, 0.15) is 34.9 Å². The lowest BCUT2D eigenvalue weighted by molar-refractivity contribution is 0.0693. The molecule has 0 spiro atoms. The molecule has 1 fully saturated rings. The predicted octanol–water partition coefficient (Wildman–Crippen LogP) is 1.17. The van der Waals surface area contributed by atoms with Gasteiger partial charge in [0.25, 0.3) is 5.56 Å². The van der Waals surface area contributed by atoms with E-state index in [2.05, 4.69) is 15.2 Å². The number of rotatable bonds is 3. The molecule has 9 nitrogen and oxygen atoms in total. The summed E-state index contributed by atoms with van der Waals surface area (Å²) in [6.07, 6.45) is 1.58. The summed E-state index contributed by atoms with van der Waals surface area (Å²) in [5.74, 6) is -0.119. The van der Waals surface area contributed by atoms with E-state index in [0.29, 0.717) is 30.1 Å². The fraction of sp³-hybridized carbons (Fsp3) is 0.375. The highest BCUT2D eigenvalue weighted by atomic mass is 16.5. The van der Waals surface area contributed by atoms with Crippen LogP contribution < -0.4 is 10.3 Å². The molecule has 25 heavy (non-hydrogen) atoms. The quantitative estimate of drug-likeness (QED) is 0.732. The first kappa shape index (κ1) is 15.6. The molecule has 0 aliphatic carbocycles. The number of carboxylic acids is 1. The molecule has 4 rings (SSSR count). The molecule has 1 saturated heterocycles. The van der Waals surface area contributed by atoms with E-state index in [0.717, 1.165) is 12.8 Å². The molecule has 2 N–H and O–H groups in total. The van der Waals surface area contributed by atoms with Gasteiger partial charge < -0.3 is 19.6 Å². The van der Waals surface area contributed by atoms with Gasteiger partial charge in [-0.25, -0.2) is 4.79 Å². The Hall–Kier alpha value is -2.94. The molecule has 1 aliphatic heterocycles. The molecule has 0 amide bonds. The second-order valence-electron chi connectivity index (χ2n) is 5.93. The minimum Gasteiger partial charge on any atom is -0.496 e. The van der Waals surface area contributed by atoms with Crippen LogP contribution in [0.3, 0.4) is 0 Å². The molecule has 0 saturated carbocycles. The molecule has 0 atom stereocenters. The fourth-order valence-electron chi connectivity index (χ4n) is 3.27. The number of carbonyl (C=O) groups is 1. The van der Waals surface area contributed by atoms with Crippen LogP contribution in [0.2, 0.25) is 0 Å². The number of hydrogen-bond acceptors (Lipinski definition) is 6. The van der Waals surface area contributed by atoms with Crippen LogP contribution in [0.4, 0.5) is 0 Å². The van der Waals surface area contributed by atoms with E-state index in [1.165, 1.54) is 13.2 Å². The van der Waals surface area contributed by atoms with E-state index in [1.807, 2.05) is 0 Å². The van der Waals surface area contributed by atoms with Gasteiger partial charge in [-0.15, -0.1) is 10.2 Å². The number of benzene rings is 1. The average molecular weight is 344 g/mol. The first-order chi connectivity index (χ1) is 12.1. The molecule has 9 heteroatoms. The summed E-state index contributed by atoms with van der Waals surface area (Å²) >= 11 is 0. The van der Waals surface area contributed by atoms with Crippen LogP contribution in [0.25, 0.3) is 16.7 Å². The van der Waals surface area contributed by atoms with Gasteiger partial charge in [0.05, 0.1) is 18.1 Å². The third kappa shape index (κ3) is 2.43. The van der Waals surface area contributed by atoms with Crippen molar-refractivity contribution in [3.05, 3.63) is 33.9 Å². The number of methoxy groups -OCH3 is 1. The van der Waals surface area contributed by atoms with Gasteiger partial charge in [-0.05, 0) is 18.9 Å². The van der Waals surface area contributed by atoms with Crippen molar-refractivity contribution in [1.82, 2.24) is 19.6 Å². The summed E-state index contributed by atoms with van der Waals surface area (Å²) in [5, 5.41) is 17.6. The minimum absolute atomic E-state index is 0.0225. The SMILES string of the molecule is COc1cc2c(cc1C(=O)O)[nH]c(=O)c1nnc(C3CCOCC3)n12. The van der Waals surface area contributed by atoms with Crippen molar-refractivity contribution in [1.29, 1.82) is 0 Å². The van der Waals surface area contributed by atoms with Gasteiger partial charge in [0.2, 0.25) is 5.65 Å². The molecular weight excluding hydrogens is 328 g/mol. The smallest absolute Gasteiger partial charge is 0.339 e. The van der Waals surface area contributed by atoms with Gasteiger partial charge in [-0.2, -0.15) is 0 Å². The lowest BCUT2D eigenvalue weighted by atomic mass is 9.99. The van der Waals surface area contributed by atoms with Gasteiger partial charge in [-0.3, -0.25) is 9.20 Å². The number of hydrogen-bond donors (Lipinski definition) is 2. The lowest BCUT2D eigenvalue weighted by Gasteiger charge is -2.20. The Kier molecular flexibility index (Phi) is 3.65. The minimum atomic E-state index is -1.13. The van der Waals surface area contributed by atoms with Crippen molar-refractivity contribution in [2.24, 2.45) is 0 Å². The first-order valence-electron chi connectivity index (χ1n) is 7.90. The third-order valence-corrected chi connectivity index (χ3v) is 4.51. The zero-order chi connectivity index (χ0) is 17.6. The fourth-order valence-corrected chi connectivity index (χ4v) is 3.27. The van der Waals surface area contributed by atoms with Crippen LogP contribution in [-0.2, 0) is 4.74 Å². The molecule has 0 radical (unpaired) electrons. The van der Waals surface area contributed by atoms with Crippen molar-refractivity contribution < 1.29 is 19.4 Å². The second-order valence-corrected chi connectivity index (χ2v) is 5.93. The Morgan fingerprint density at radius 3 is 2.80 bits per heavy atom. The Bertz CT molecular complexity index is 1030. The number of fused-ring (bicyclic) bond motifs is 3. The first-order valence-corrected chi connectivity index (χ1v) is 7.90. The summed E-state index contributed by atoms with van der Waals surface area (Å²) in [6.45, 7) is 1.26. The zero-order valence-corrected chi connectivity index (χ0v) is 13.5. The standard InChI is InChI=1S/C16H16N4O5/c1-24-12-7-11-10(6-9(12)16(22)23)17-15(21)14-19-18-13(20(11)14)8-2-4-25-5-3-8/h6-8H,2-5H2,1H3,(H,17,21)(H,22,23).